The van der Waals surface area contributed by atoms with Crippen molar-refractivity contribution >= 4 is 47.2 Å². The number of carbonyl (C=O) groups is 1. The summed E-state index contributed by atoms with van der Waals surface area (Å²) in [5, 5.41) is 4.48. The topological polar surface area (TPSA) is 64.1 Å². The maximum Gasteiger partial charge on any atom is 0.236 e. The molecule has 0 saturated carbocycles. The lowest BCUT2D eigenvalue weighted by Gasteiger charge is -2.36. The number of aromatic nitrogens is 1. The van der Waals surface area contributed by atoms with Gasteiger partial charge in [-0.15, -0.1) is 35.3 Å². The van der Waals surface area contributed by atoms with E-state index in [0.717, 1.165) is 63.1 Å². The van der Waals surface area contributed by atoms with Crippen molar-refractivity contribution in [1.29, 1.82) is 0 Å². The molecule has 1 aromatic heterocycles. The molecule has 26 heavy (non-hydrogen) atoms. The summed E-state index contributed by atoms with van der Waals surface area (Å²) in [5.41, 5.74) is 0. The summed E-state index contributed by atoms with van der Waals surface area (Å²) in [6.07, 6.45) is 4.21. The number of rotatable bonds is 4. The van der Waals surface area contributed by atoms with Gasteiger partial charge in [0.05, 0.1) is 13.1 Å². The predicted octanol–water partition coefficient (Wildman–Crippen LogP) is 1.38. The van der Waals surface area contributed by atoms with E-state index in [9.17, 15) is 4.79 Å². The number of hydrogen-bond acceptors (Lipinski definition) is 5. The Bertz CT molecular complexity index is 608. The molecule has 0 unspecified atom stereocenters. The second-order valence-corrected chi connectivity index (χ2v) is 7.94. The van der Waals surface area contributed by atoms with Gasteiger partial charge in [-0.25, -0.2) is 4.98 Å². The number of likely N-dealkylation sites (tertiary alicyclic amines) is 1. The molecule has 1 N–H and O–H groups in total. The van der Waals surface area contributed by atoms with Gasteiger partial charge in [0, 0.05) is 57.4 Å². The summed E-state index contributed by atoms with van der Waals surface area (Å²) in [4.78, 5) is 28.8. The quantitative estimate of drug-likeness (QED) is 0.391. The van der Waals surface area contributed by atoms with Gasteiger partial charge in [0.25, 0.3) is 0 Å². The molecule has 9 heteroatoms. The smallest absolute Gasteiger partial charge is 0.236 e. The number of aryl methyl sites for hydroxylation is 1. The maximum atomic E-state index is 12.3. The van der Waals surface area contributed by atoms with Crippen LogP contribution in [0.4, 0.5) is 0 Å². The molecular formula is C17H29IN6OS. The third-order valence-electron chi connectivity index (χ3n) is 4.77. The van der Waals surface area contributed by atoms with Crippen molar-refractivity contribution in [3.05, 3.63) is 16.1 Å². The van der Waals surface area contributed by atoms with Gasteiger partial charge in [-0.2, -0.15) is 0 Å². The predicted molar refractivity (Wildman–Crippen MR) is 116 cm³/mol. The van der Waals surface area contributed by atoms with Crippen LogP contribution in [-0.4, -0.2) is 84.4 Å². The Morgan fingerprint density at radius 3 is 2.46 bits per heavy atom. The Kier molecular flexibility index (Phi) is 8.55. The van der Waals surface area contributed by atoms with Crippen molar-refractivity contribution < 1.29 is 4.79 Å². The number of nitrogens with one attached hydrogen (secondary N) is 1. The van der Waals surface area contributed by atoms with Gasteiger partial charge in [0.1, 0.15) is 5.01 Å². The van der Waals surface area contributed by atoms with Gasteiger partial charge in [-0.05, 0) is 19.8 Å². The number of aliphatic imine (C=N–C) groups is 1. The normalized spacial score (nSPS) is 18.8. The molecule has 1 amide bonds. The molecule has 0 aliphatic carbocycles. The highest BCUT2D eigenvalue weighted by atomic mass is 127. The van der Waals surface area contributed by atoms with E-state index < -0.39 is 0 Å². The van der Waals surface area contributed by atoms with Crippen LogP contribution in [0.5, 0.6) is 0 Å². The molecule has 2 saturated heterocycles. The summed E-state index contributed by atoms with van der Waals surface area (Å²) in [5.74, 6) is 1.20. The highest BCUT2D eigenvalue weighted by molar-refractivity contribution is 14.0. The molecule has 0 atom stereocenters. The van der Waals surface area contributed by atoms with E-state index in [-0.39, 0.29) is 29.9 Å². The highest BCUT2D eigenvalue weighted by Crippen LogP contribution is 2.12. The highest BCUT2D eigenvalue weighted by Gasteiger charge is 2.24. The lowest BCUT2D eigenvalue weighted by molar-refractivity contribution is -0.131. The van der Waals surface area contributed by atoms with Crippen molar-refractivity contribution in [3.63, 3.8) is 0 Å². The lowest BCUT2D eigenvalue weighted by Crippen LogP contribution is -2.54. The van der Waals surface area contributed by atoms with Crippen molar-refractivity contribution in [1.82, 2.24) is 25.0 Å². The van der Waals surface area contributed by atoms with E-state index in [1.54, 1.807) is 11.3 Å². The number of nitrogens with zero attached hydrogens (tertiary/aromatic N) is 5. The van der Waals surface area contributed by atoms with E-state index >= 15 is 0 Å². The van der Waals surface area contributed by atoms with E-state index in [1.807, 2.05) is 18.1 Å². The average Bonchev–Trinajstić information content (AvgIpc) is 3.28. The van der Waals surface area contributed by atoms with E-state index in [2.05, 4.69) is 32.0 Å². The number of thiazole rings is 1. The molecule has 146 valence electrons. The molecule has 2 aliphatic rings. The molecular weight excluding hydrogens is 463 g/mol. The van der Waals surface area contributed by atoms with Crippen LogP contribution in [-0.2, 0) is 11.3 Å². The van der Waals surface area contributed by atoms with Crippen LogP contribution in [0.1, 0.15) is 22.7 Å². The van der Waals surface area contributed by atoms with Crippen LogP contribution in [0.2, 0.25) is 0 Å². The third-order valence-corrected chi connectivity index (χ3v) is 5.68. The summed E-state index contributed by atoms with van der Waals surface area (Å²) in [6, 6.07) is 0. The Balaban J connectivity index is 0.00000243. The number of halogens is 1. The lowest BCUT2D eigenvalue weighted by atomic mass is 10.3. The first-order chi connectivity index (χ1) is 12.2. The minimum atomic E-state index is 0. The van der Waals surface area contributed by atoms with Gasteiger partial charge in [-0.1, -0.05) is 0 Å². The van der Waals surface area contributed by atoms with Crippen molar-refractivity contribution in [2.75, 3.05) is 52.9 Å². The van der Waals surface area contributed by atoms with Crippen LogP contribution < -0.4 is 5.32 Å². The second-order valence-electron chi connectivity index (χ2n) is 6.62. The molecule has 2 fully saturated rings. The number of guanidine groups is 1. The largest absolute Gasteiger partial charge is 0.350 e. The minimum absolute atomic E-state index is 0. The fourth-order valence-corrected chi connectivity index (χ4v) is 4.07. The Morgan fingerprint density at radius 2 is 1.88 bits per heavy atom. The summed E-state index contributed by atoms with van der Waals surface area (Å²) in [7, 11) is 1.82. The molecule has 7 nitrogen and oxygen atoms in total. The number of amides is 1. The van der Waals surface area contributed by atoms with Gasteiger partial charge < -0.3 is 15.1 Å². The standard InChI is InChI=1S/C17H28N6OS.HI/c1-14-11-19-15(25-14)12-20-17(18-2)23-9-7-21(8-10-23)13-16(24)22-5-3-4-6-22;/h11H,3-10,12-13H2,1-2H3,(H,18,20);1H. The summed E-state index contributed by atoms with van der Waals surface area (Å²) in [6.45, 7) is 8.79. The van der Waals surface area contributed by atoms with Gasteiger partial charge in [-0.3, -0.25) is 14.7 Å². The SMILES string of the molecule is CN=C(NCc1ncc(C)s1)N1CCN(CC(=O)N2CCCC2)CC1.I. The van der Waals surface area contributed by atoms with Crippen molar-refractivity contribution in [3.8, 4) is 0 Å². The second kappa shape index (κ2) is 10.4. The molecule has 3 heterocycles. The number of carbonyl (C=O) groups excluding carboxylic acids is 1. The molecule has 3 rings (SSSR count). The monoisotopic (exact) mass is 492 g/mol. The van der Waals surface area contributed by atoms with Crippen molar-refractivity contribution in [2.45, 2.75) is 26.3 Å². The average molecular weight is 492 g/mol. The van der Waals surface area contributed by atoms with E-state index in [4.69, 9.17) is 0 Å². The zero-order valence-electron chi connectivity index (χ0n) is 15.6. The minimum Gasteiger partial charge on any atom is -0.350 e. The molecule has 0 spiro atoms. The van der Waals surface area contributed by atoms with Gasteiger partial charge in [0.2, 0.25) is 5.91 Å². The number of hydrogen-bond donors (Lipinski definition) is 1. The first-order valence-corrected chi connectivity index (χ1v) is 9.84. The maximum absolute atomic E-state index is 12.3. The molecule has 2 aliphatic heterocycles. The Morgan fingerprint density at radius 1 is 1.19 bits per heavy atom. The third kappa shape index (κ3) is 5.78. The number of piperazine rings is 1. The molecule has 0 radical (unpaired) electrons. The Hall–Kier alpha value is -0.940. The zero-order valence-corrected chi connectivity index (χ0v) is 18.8. The van der Waals surface area contributed by atoms with E-state index in [1.165, 1.54) is 4.88 Å². The van der Waals surface area contributed by atoms with Gasteiger partial charge >= 0.3 is 0 Å². The van der Waals surface area contributed by atoms with Crippen LogP contribution in [0.25, 0.3) is 0 Å². The first kappa shape index (κ1) is 21.4. The van der Waals surface area contributed by atoms with Crippen molar-refractivity contribution in [2.24, 2.45) is 4.99 Å². The zero-order chi connectivity index (χ0) is 17.6. The molecule has 0 aromatic carbocycles. The fraction of sp³-hybridized carbons (Fsp3) is 0.706. The van der Waals surface area contributed by atoms with E-state index in [0.29, 0.717) is 13.1 Å². The molecule has 0 bridgehead atoms. The fourth-order valence-electron chi connectivity index (χ4n) is 3.35. The molecule has 1 aromatic rings. The Labute approximate surface area is 176 Å². The summed E-state index contributed by atoms with van der Waals surface area (Å²) >= 11 is 1.71. The summed E-state index contributed by atoms with van der Waals surface area (Å²) < 4.78 is 0. The van der Waals surface area contributed by atoms with Crippen LogP contribution in [0, 0.1) is 6.92 Å². The van der Waals surface area contributed by atoms with Gasteiger partial charge in [0.15, 0.2) is 5.96 Å². The van der Waals surface area contributed by atoms with Crippen LogP contribution >= 0.6 is 35.3 Å². The first-order valence-electron chi connectivity index (χ1n) is 9.03. The van der Waals surface area contributed by atoms with Crippen LogP contribution in [0.3, 0.4) is 0 Å². The van der Waals surface area contributed by atoms with Crippen LogP contribution in [0.15, 0.2) is 11.2 Å².